The first kappa shape index (κ1) is 14.1. The van der Waals surface area contributed by atoms with Gasteiger partial charge in [0.2, 0.25) is 5.88 Å². The minimum atomic E-state index is -0.287. The Labute approximate surface area is 121 Å². The quantitative estimate of drug-likeness (QED) is 0.942. The molecule has 0 bridgehead atoms. The molecular formula is C13H13Cl2N3O. The van der Waals surface area contributed by atoms with E-state index >= 15 is 0 Å². The standard InChI is InChI=1S/C13H13Cl2N3O/c1-16-11(10-8(14)4-3-5-9(10)15)12-13(19-2)18-7-6-17-12/h3-7,11,16H,1-2H3. The van der Waals surface area contributed by atoms with Gasteiger partial charge in [0.15, 0.2) is 0 Å². The molecular weight excluding hydrogens is 285 g/mol. The van der Waals surface area contributed by atoms with Crippen LogP contribution >= 0.6 is 23.2 Å². The van der Waals surface area contributed by atoms with Gasteiger partial charge in [-0.05, 0) is 19.2 Å². The third-order valence-electron chi connectivity index (χ3n) is 2.74. The molecule has 0 aliphatic carbocycles. The molecule has 1 heterocycles. The number of aromatic nitrogens is 2. The molecule has 2 aromatic rings. The molecule has 0 amide bonds. The first-order valence-electron chi connectivity index (χ1n) is 5.65. The maximum absolute atomic E-state index is 6.24. The molecule has 0 saturated heterocycles. The lowest BCUT2D eigenvalue weighted by Crippen LogP contribution is -2.21. The van der Waals surface area contributed by atoms with E-state index in [-0.39, 0.29) is 6.04 Å². The molecule has 1 aromatic heterocycles. The van der Waals surface area contributed by atoms with Crippen LogP contribution in [0.4, 0.5) is 0 Å². The number of benzene rings is 1. The number of halogens is 2. The van der Waals surface area contributed by atoms with Crippen LogP contribution in [-0.4, -0.2) is 24.1 Å². The topological polar surface area (TPSA) is 47.0 Å². The molecule has 4 nitrogen and oxygen atoms in total. The fourth-order valence-corrected chi connectivity index (χ4v) is 2.51. The summed E-state index contributed by atoms with van der Waals surface area (Å²) in [6, 6.07) is 5.09. The molecule has 6 heteroatoms. The molecule has 1 unspecified atom stereocenters. The van der Waals surface area contributed by atoms with E-state index in [0.29, 0.717) is 21.6 Å². The van der Waals surface area contributed by atoms with Crippen molar-refractivity contribution < 1.29 is 4.74 Å². The van der Waals surface area contributed by atoms with Crippen LogP contribution < -0.4 is 10.1 Å². The molecule has 0 aliphatic heterocycles. The van der Waals surface area contributed by atoms with Gasteiger partial charge in [0.25, 0.3) is 0 Å². The summed E-state index contributed by atoms with van der Waals surface area (Å²) in [4.78, 5) is 8.45. The average Bonchev–Trinajstić information content (AvgIpc) is 2.43. The maximum Gasteiger partial charge on any atom is 0.237 e. The first-order valence-corrected chi connectivity index (χ1v) is 6.40. The second kappa shape index (κ2) is 6.19. The third kappa shape index (κ3) is 2.81. The second-order valence-electron chi connectivity index (χ2n) is 3.81. The summed E-state index contributed by atoms with van der Waals surface area (Å²) < 4.78 is 5.23. The summed E-state index contributed by atoms with van der Waals surface area (Å²) in [5.74, 6) is 0.442. The Hall–Kier alpha value is -1.36. The summed E-state index contributed by atoms with van der Waals surface area (Å²) in [5.41, 5.74) is 1.40. The SMILES string of the molecule is CNC(c1nccnc1OC)c1c(Cl)cccc1Cl. The minimum Gasteiger partial charge on any atom is -0.480 e. The molecule has 19 heavy (non-hydrogen) atoms. The lowest BCUT2D eigenvalue weighted by Gasteiger charge is -2.20. The van der Waals surface area contributed by atoms with Gasteiger partial charge in [-0.2, -0.15) is 0 Å². The number of rotatable bonds is 4. The van der Waals surface area contributed by atoms with Crippen molar-refractivity contribution in [2.75, 3.05) is 14.2 Å². The highest BCUT2D eigenvalue weighted by atomic mass is 35.5. The lowest BCUT2D eigenvalue weighted by atomic mass is 10.0. The highest BCUT2D eigenvalue weighted by molar-refractivity contribution is 6.36. The van der Waals surface area contributed by atoms with Gasteiger partial charge >= 0.3 is 0 Å². The van der Waals surface area contributed by atoms with Gasteiger partial charge in [0, 0.05) is 28.0 Å². The van der Waals surface area contributed by atoms with E-state index in [4.69, 9.17) is 27.9 Å². The number of hydrogen-bond donors (Lipinski definition) is 1. The summed E-state index contributed by atoms with van der Waals surface area (Å²) in [7, 11) is 3.35. The fourth-order valence-electron chi connectivity index (χ4n) is 1.90. The summed E-state index contributed by atoms with van der Waals surface area (Å²) >= 11 is 12.5. The predicted octanol–water partition coefficient (Wildman–Crippen LogP) is 3.10. The number of methoxy groups -OCH3 is 1. The molecule has 0 spiro atoms. The monoisotopic (exact) mass is 297 g/mol. The van der Waals surface area contributed by atoms with Crippen molar-refractivity contribution in [2.24, 2.45) is 0 Å². The molecule has 0 radical (unpaired) electrons. The van der Waals surface area contributed by atoms with Crippen molar-refractivity contribution in [1.29, 1.82) is 0 Å². The average molecular weight is 298 g/mol. The minimum absolute atomic E-state index is 0.287. The van der Waals surface area contributed by atoms with Gasteiger partial charge in [-0.25, -0.2) is 4.98 Å². The van der Waals surface area contributed by atoms with E-state index in [9.17, 15) is 0 Å². The van der Waals surface area contributed by atoms with E-state index in [0.717, 1.165) is 5.56 Å². The van der Waals surface area contributed by atoms with Gasteiger partial charge in [0.1, 0.15) is 5.69 Å². The van der Waals surface area contributed by atoms with E-state index in [1.165, 1.54) is 0 Å². The summed E-state index contributed by atoms with van der Waals surface area (Å²) in [6.07, 6.45) is 3.18. The Morgan fingerprint density at radius 1 is 1.16 bits per heavy atom. The Morgan fingerprint density at radius 2 is 1.79 bits per heavy atom. The molecule has 0 fully saturated rings. The maximum atomic E-state index is 6.24. The summed E-state index contributed by atoms with van der Waals surface area (Å²) in [6.45, 7) is 0. The van der Waals surface area contributed by atoms with E-state index < -0.39 is 0 Å². The van der Waals surface area contributed by atoms with Gasteiger partial charge < -0.3 is 10.1 Å². The van der Waals surface area contributed by atoms with Crippen LogP contribution in [-0.2, 0) is 0 Å². The van der Waals surface area contributed by atoms with Gasteiger partial charge in [-0.3, -0.25) is 4.98 Å². The van der Waals surface area contributed by atoms with Gasteiger partial charge in [-0.1, -0.05) is 29.3 Å². The first-order chi connectivity index (χ1) is 9.19. The smallest absolute Gasteiger partial charge is 0.237 e. The van der Waals surface area contributed by atoms with Crippen LogP contribution in [0.3, 0.4) is 0 Å². The van der Waals surface area contributed by atoms with E-state index in [1.54, 1.807) is 44.8 Å². The van der Waals surface area contributed by atoms with Crippen molar-refractivity contribution in [1.82, 2.24) is 15.3 Å². The Kier molecular flexibility index (Phi) is 4.58. The van der Waals surface area contributed by atoms with Crippen molar-refractivity contribution >= 4 is 23.2 Å². The molecule has 100 valence electrons. The van der Waals surface area contributed by atoms with Crippen LogP contribution in [0.2, 0.25) is 10.0 Å². The Bertz CT molecular complexity index is 557. The molecule has 2 rings (SSSR count). The predicted molar refractivity (Wildman–Crippen MR) is 75.9 cm³/mol. The van der Waals surface area contributed by atoms with Gasteiger partial charge in [-0.15, -0.1) is 0 Å². The molecule has 0 saturated carbocycles. The van der Waals surface area contributed by atoms with Crippen LogP contribution in [0.15, 0.2) is 30.6 Å². The van der Waals surface area contributed by atoms with Crippen LogP contribution in [0, 0.1) is 0 Å². The second-order valence-corrected chi connectivity index (χ2v) is 4.62. The van der Waals surface area contributed by atoms with Crippen molar-refractivity contribution in [2.45, 2.75) is 6.04 Å². The van der Waals surface area contributed by atoms with Crippen molar-refractivity contribution in [3.63, 3.8) is 0 Å². The number of nitrogens with one attached hydrogen (secondary N) is 1. The van der Waals surface area contributed by atoms with Crippen molar-refractivity contribution in [3.8, 4) is 5.88 Å². The molecule has 1 aromatic carbocycles. The van der Waals surface area contributed by atoms with Crippen molar-refractivity contribution in [3.05, 3.63) is 51.9 Å². The highest BCUT2D eigenvalue weighted by Gasteiger charge is 2.23. The largest absolute Gasteiger partial charge is 0.480 e. The number of ether oxygens (including phenoxy) is 1. The molecule has 1 N–H and O–H groups in total. The molecule has 0 aliphatic rings. The third-order valence-corrected chi connectivity index (χ3v) is 3.39. The zero-order valence-corrected chi connectivity index (χ0v) is 12.0. The summed E-state index contributed by atoms with van der Waals surface area (Å²) in [5, 5.41) is 4.28. The fraction of sp³-hybridized carbons (Fsp3) is 0.231. The van der Waals surface area contributed by atoms with E-state index in [2.05, 4.69) is 15.3 Å². The normalized spacial score (nSPS) is 12.2. The zero-order chi connectivity index (χ0) is 13.8. The Morgan fingerprint density at radius 3 is 2.37 bits per heavy atom. The number of hydrogen-bond acceptors (Lipinski definition) is 4. The number of nitrogens with zero attached hydrogens (tertiary/aromatic N) is 2. The zero-order valence-electron chi connectivity index (χ0n) is 10.5. The van der Waals surface area contributed by atoms with Crippen LogP contribution in [0.5, 0.6) is 5.88 Å². The highest BCUT2D eigenvalue weighted by Crippen LogP contribution is 2.35. The Balaban J connectivity index is 2.57. The van der Waals surface area contributed by atoms with Gasteiger partial charge in [0.05, 0.1) is 13.2 Å². The lowest BCUT2D eigenvalue weighted by molar-refractivity contribution is 0.384. The van der Waals surface area contributed by atoms with E-state index in [1.807, 2.05) is 0 Å². The van der Waals surface area contributed by atoms with Crippen LogP contribution in [0.1, 0.15) is 17.3 Å². The molecule has 1 atom stereocenters. The van der Waals surface area contributed by atoms with Crippen LogP contribution in [0.25, 0.3) is 0 Å².